The van der Waals surface area contributed by atoms with Gasteiger partial charge in [0.15, 0.2) is 11.6 Å². The van der Waals surface area contributed by atoms with E-state index in [4.69, 9.17) is 4.42 Å². The van der Waals surface area contributed by atoms with Gasteiger partial charge in [0.25, 0.3) is 0 Å². The van der Waals surface area contributed by atoms with Crippen molar-refractivity contribution in [3.8, 4) is 0 Å². The number of imide groups is 1. The van der Waals surface area contributed by atoms with Crippen LogP contribution < -0.4 is 5.32 Å². The van der Waals surface area contributed by atoms with E-state index < -0.39 is 35.0 Å². The number of allylic oxidation sites excluding steroid dienone is 4. The largest absolute Gasteiger partial charge is 0.463 e. The maximum Gasteiger partial charge on any atom is 0.231 e. The Labute approximate surface area is 230 Å². The van der Waals surface area contributed by atoms with Gasteiger partial charge in [0, 0.05) is 11.5 Å². The van der Waals surface area contributed by atoms with E-state index in [1.807, 2.05) is 66.7 Å². The van der Waals surface area contributed by atoms with Crippen LogP contribution in [0, 0.1) is 23.7 Å². The first-order chi connectivity index (χ1) is 19.4. The van der Waals surface area contributed by atoms with Crippen LogP contribution in [0.5, 0.6) is 0 Å². The van der Waals surface area contributed by atoms with Gasteiger partial charge in [-0.3, -0.25) is 24.5 Å². The number of carbonyl (C=O) groups excluding carboxylic acids is 4. The molecule has 0 bridgehead atoms. The maximum absolute atomic E-state index is 14.7. The molecule has 7 heteroatoms. The molecule has 1 aliphatic heterocycles. The number of aliphatic hydroxyl groups is 1. The van der Waals surface area contributed by atoms with Crippen LogP contribution in [-0.4, -0.2) is 28.5 Å². The highest BCUT2D eigenvalue weighted by Gasteiger charge is 2.65. The summed E-state index contributed by atoms with van der Waals surface area (Å²) in [4.78, 5) is 55.0. The molecule has 7 nitrogen and oxygen atoms in total. The summed E-state index contributed by atoms with van der Waals surface area (Å²) in [5.74, 6) is -3.26. The number of rotatable bonds is 4. The number of hydrogen-bond acceptors (Lipinski definition) is 6. The van der Waals surface area contributed by atoms with Gasteiger partial charge < -0.3 is 9.52 Å². The van der Waals surface area contributed by atoms with Crippen LogP contribution in [0.2, 0.25) is 0 Å². The summed E-state index contributed by atoms with van der Waals surface area (Å²) in [7, 11) is 0. The van der Waals surface area contributed by atoms with Crippen LogP contribution in [0.25, 0.3) is 5.57 Å². The smallest absolute Gasteiger partial charge is 0.231 e. The summed E-state index contributed by atoms with van der Waals surface area (Å²) in [6.07, 6.45) is 4.07. The fourth-order valence-electron chi connectivity index (χ4n) is 7.73. The molecule has 2 N–H and O–H groups in total. The van der Waals surface area contributed by atoms with E-state index >= 15 is 0 Å². The predicted octanol–water partition coefficient (Wildman–Crippen LogP) is 3.88. The summed E-state index contributed by atoms with van der Waals surface area (Å²) in [6, 6.07) is 21.9. The number of Topliss-reactive ketones (excluding diaryl/α,β-unsaturated/α-hetero) is 1. The molecule has 1 saturated carbocycles. The molecule has 2 fully saturated rings. The van der Waals surface area contributed by atoms with Crippen molar-refractivity contribution in [1.82, 2.24) is 5.32 Å². The molecule has 0 spiro atoms. The highest BCUT2D eigenvalue weighted by Crippen LogP contribution is 2.63. The van der Waals surface area contributed by atoms with Crippen molar-refractivity contribution in [2.75, 3.05) is 0 Å². The van der Waals surface area contributed by atoms with Crippen molar-refractivity contribution in [3.63, 3.8) is 0 Å². The number of hydrogen-bond donors (Lipinski definition) is 2. The van der Waals surface area contributed by atoms with E-state index in [2.05, 4.69) is 5.32 Å². The standard InChI is InChI=1S/C33H27NO6/c35-17-20-11-14-26(40-20)29-21-12-13-22-28(32(39)34-31(22)38)24(21)15-25-30(37)23(18-7-3-1-4-8-18)16-27(36)33(25,29)19-9-5-2-6-10-19/h1-12,14,16,22,24-25,28-29,35H,13,15,17H2,(H,34,38,39). The first-order valence-electron chi connectivity index (χ1n) is 13.6. The third-order valence-corrected chi connectivity index (χ3v) is 9.34. The normalized spacial score (nSPS) is 31.1. The Kier molecular flexibility index (Phi) is 5.61. The van der Waals surface area contributed by atoms with Gasteiger partial charge in [-0.2, -0.15) is 0 Å². The number of aliphatic hydroxyl groups excluding tert-OH is 1. The summed E-state index contributed by atoms with van der Waals surface area (Å²) in [5, 5.41) is 12.3. The minimum atomic E-state index is -1.32. The van der Waals surface area contributed by atoms with E-state index in [1.54, 1.807) is 12.1 Å². The summed E-state index contributed by atoms with van der Waals surface area (Å²) in [5.41, 5.74) is 1.22. The first-order valence-corrected chi connectivity index (χ1v) is 13.6. The average Bonchev–Trinajstić information content (AvgIpc) is 3.58. The molecular formula is C33H27NO6. The minimum Gasteiger partial charge on any atom is -0.463 e. The highest BCUT2D eigenvalue weighted by molar-refractivity contribution is 6.31. The van der Waals surface area contributed by atoms with Crippen LogP contribution in [0.3, 0.4) is 0 Å². The second-order valence-electron chi connectivity index (χ2n) is 11.1. The lowest BCUT2D eigenvalue weighted by atomic mass is 9.45. The quantitative estimate of drug-likeness (QED) is 0.389. The van der Waals surface area contributed by atoms with Gasteiger partial charge in [-0.25, -0.2) is 0 Å². The van der Waals surface area contributed by atoms with E-state index in [0.717, 1.165) is 5.57 Å². The molecule has 40 heavy (non-hydrogen) atoms. The minimum absolute atomic E-state index is 0.167. The summed E-state index contributed by atoms with van der Waals surface area (Å²) in [6.45, 7) is -0.316. The monoisotopic (exact) mass is 533 g/mol. The molecule has 1 aromatic heterocycles. The lowest BCUT2D eigenvalue weighted by molar-refractivity contribution is -0.135. The molecule has 3 aromatic rings. The zero-order chi connectivity index (χ0) is 27.6. The molecule has 4 aliphatic rings. The van der Waals surface area contributed by atoms with Gasteiger partial charge >= 0.3 is 0 Å². The number of nitrogens with one attached hydrogen (secondary N) is 1. The summed E-state index contributed by atoms with van der Waals surface area (Å²) >= 11 is 0. The number of furan rings is 1. The van der Waals surface area contributed by atoms with Crippen LogP contribution in [-0.2, 0) is 31.2 Å². The molecule has 7 rings (SSSR count). The zero-order valence-corrected chi connectivity index (χ0v) is 21.6. The SMILES string of the molecule is O=C1NC(=O)C2C1CC=C1C2CC2C(=O)C(c3ccccc3)=CC(=O)C2(c2ccccc2)C1c1ccc(CO)o1. The average molecular weight is 534 g/mol. The molecule has 6 unspecified atom stereocenters. The van der Waals surface area contributed by atoms with Crippen molar-refractivity contribution in [2.24, 2.45) is 23.7 Å². The molecule has 2 heterocycles. The Bertz CT molecular complexity index is 1620. The molecule has 3 aliphatic carbocycles. The van der Waals surface area contributed by atoms with Crippen LogP contribution >= 0.6 is 0 Å². The van der Waals surface area contributed by atoms with E-state index in [9.17, 15) is 24.3 Å². The molecule has 2 aromatic carbocycles. The van der Waals surface area contributed by atoms with E-state index in [-0.39, 0.29) is 36.4 Å². The Morgan fingerprint density at radius 3 is 2.30 bits per heavy atom. The number of carbonyl (C=O) groups is 4. The summed E-state index contributed by atoms with van der Waals surface area (Å²) < 4.78 is 6.13. The lowest BCUT2D eigenvalue weighted by Gasteiger charge is -2.54. The zero-order valence-electron chi connectivity index (χ0n) is 21.6. The number of amides is 2. The van der Waals surface area contributed by atoms with Gasteiger partial charge in [0.1, 0.15) is 18.1 Å². The maximum atomic E-state index is 14.7. The fourth-order valence-corrected chi connectivity index (χ4v) is 7.73. The fraction of sp³-hybridized carbons (Fsp3) is 0.273. The number of fused-ring (bicyclic) bond motifs is 4. The van der Waals surface area contributed by atoms with E-state index in [1.165, 1.54) is 6.08 Å². The van der Waals surface area contributed by atoms with Crippen molar-refractivity contribution < 1.29 is 28.7 Å². The van der Waals surface area contributed by atoms with Crippen molar-refractivity contribution in [3.05, 3.63) is 113 Å². The Hall–Kier alpha value is -4.36. The number of ketones is 2. The molecule has 1 saturated heterocycles. The van der Waals surface area contributed by atoms with Crippen molar-refractivity contribution >= 4 is 29.0 Å². The number of benzene rings is 2. The van der Waals surface area contributed by atoms with Crippen molar-refractivity contribution in [2.45, 2.75) is 30.8 Å². The van der Waals surface area contributed by atoms with Gasteiger partial charge in [-0.15, -0.1) is 0 Å². The van der Waals surface area contributed by atoms with Crippen LogP contribution in [0.15, 0.2) is 94.9 Å². The molecule has 2 amide bonds. The molecule has 6 atom stereocenters. The van der Waals surface area contributed by atoms with Crippen molar-refractivity contribution in [1.29, 1.82) is 0 Å². The second kappa shape index (κ2) is 9.10. The predicted molar refractivity (Wildman–Crippen MR) is 144 cm³/mol. The lowest BCUT2D eigenvalue weighted by Crippen LogP contribution is -2.58. The molecule has 200 valence electrons. The Balaban J connectivity index is 1.51. The molecule has 0 radical (unpaired) electrons. The second-order valence-corrected chi connectivity index (χ2v) is 11.1. The van der Waals surface area contributed by atoms with Gasteiger partial charge in [-0.05, 0) is 48.1 Å². The Morgan fingerprint density at radius 2 is 1.60 bits per heavy atom. The van der Waals surface area contributed by atoms with Gasteiger partial charge in [0.05, 0.1) is 23.2 Å². The highest BCUT2D eigenvalue weighted by atomic mass is 16.4. The first kappa shape index (κ1) is 24.7. The van der Waals surface area contributed by atoms with Gasteiger partial charge in [0.2, 0.25) is 11.8 Å². The third-order valence-electron chi connectivity index (χ3n) is 9.34. The van der Waals surface area contributed by atoms with Crippen LogP contribution in [0.1, 0.15) is 41.4 Å². The topological polar surface area (TPSA) is 114 Å². The third kappa shape index (κ3) is 3.34. The molecular weight excluding hydrogens is 506 g/mol. The Morgan fingerprint density at radius 1 is 0.875 bits per heavy atom. The van der Waals surface area contributed by atoms with Gasteiger partial charge in [-0.1, -0.05) is 72.3 Å². The van der Waals surface area contributed by atoms with E-state index in [0.29, 0.717) is 34.6 Å². The van der Waals surface area contributed by atoms with Crippen LogP contribution in [0.4, 0.5) is 0 Å².